The highest BCUT2D eigenvalue weighted by molar-refractivity contribution is 7.99. The summed E-state index contributed by atoms with van der Waals surface area (Å²) in [6, 6.07) is 4.69. The lowest BCUT2D eigenvalue weighted by atomic mass is 9.83. The maximum atomic E-state index is 12.6. The predicted octanol–water partition coefficient (Wildman–Crippen LogP) is 1.25. The third-order valence-electron chi connectivity index (χ3n) is 5.44. The van der Waals surface area contributed by atoms with E-state index in [0.717, 1.165) is 24.6 Å². The van der Waals surface area contributed by atoms with Gasteiger partial charge in [0, 0.05) is 36.1 Å². The van der Waals surface area contributed by atoms with E-state index in [1.54, 1.807) is 18.2 Å². The van der Waals surface area contributed by atoms with Crippen LogP contribution < -0.4 is 14.8 Å². The fourth-order valence-electron chi connectivity index (χ4n) is 3.87. The van der Waals surface area contributed by atoms with Gasteiger partial charge in [-0.25, -0.2) is 0 Å². The lowest BCUT2D eigenvalue weighted by molar-refractivity contribution is -0.137. The molecule has 3 aliphatic rings. The molecule has 0 radical (unpaired) electrons. The molecule has 1 aromatic carbocycles. The van der Waals surface area contributed by atoms with Crippen LogP contribution in [0.4, 0.5) is 0 Å². The average molecular weight is 392 g/mol. The molecule has 0 aromatic heterocycles. The molecule has 2 N–H and O–H groups in total. The molecule has 4 rings (SSSR count). The molecule has 2 amide bonds. The lowest BCUT2D eigenvalue weighted by Crippen LogP contribution is -2.50. The predicted molar refractivity (Wildman–Crippen MR) is 101 cm³/mol. The number of benzene rings is 1. The maximum Gasteiger partial charge on any atom is 0.251 e. The van der Waals surface area contributed by atoms with E-state index in [1.165, 1.54) is 0 Å². The summed E-state index contributed by atoms with van der Waals surface area (Å²) in [6.45, 7) is 1.74. The van der Waals surface area contributed by atoms with Gasteiger partial charge in [0.2, 0.25) is 12.7 Å². The topological polar surface area (TPSA) is 88.1 Å². The summed E-state index contributed by atoms with van der Waals surface area (Å²) in [6.07, 6.45) is 0.959. The zero-order chi connectivity index (χ0) is 18.8. The molecule has 0 unspecified atom stereocenters. The molecule has 146 valence electrons. The number of nitrogens with zero attached hydrogens (tertiary/aromatic N) is 1. The normalized spacial score (nSPS) is 27.3. The van der Waals surface area contributed by atoms with E-state index < -0.39 is 6.10 Å². The van der Waals surface area contributed by atoms with Crippen molar-refractivity contribution < 1.29 is 24.2 Å². The van der Waals surface area contributed by atoms with Crippen LogP contribution in [0.5, 0.6) is 11.5 Å². The molecule has 1 aromatic rings. The number of carbonyl (C=O) groups excluding carboxylic acids is 2. The van der Waals surface area contributed by atoms with Crippen molar-refractivity contribution in [3.05, 3.63) is 23.8 Å². The Morgan fingerprint density at radius 2 is 1.93 bits per heavy atom. The smallest absolute Gasteiger partial charge is 0.251 e. The van der Waals surface area contributed by atoms with E-state index in [-0.39, 0.29) is 30.6 Å². The minimum atomic E-state index is -0.718. The monoisotopic (exact) mass is 392 g/mol. The Labute approximate surface area is 162 Å². The molecule has 1 saturated carbocycles. The molecular weight excluding hydrogens is 368 g/mol. The minimum absolute atomic E-state index is 0.148. The Morgan fingerprint density at radius 3 is 2.70 bits per heavy atom. The van der Waals surface area contributed by atoms with Crippen LogP contribution in [-0.4, -0.2) is 65.4 Å². The van der Waals surface area contributed by atoms with Crippen LogP contribution in [0.2, 0.25) is 0 Å². The first-order valence-electron chi connectivity index (χ1n) is 9.37. The van der Waals surface area contributed by atoms with Gasteiger partial charge in [-0.05, 0) is 37.5 Å². The quantitative estimate of drug-likeness (QED) is 0.805. The summed E-state index contributed by atoms with van der Waals surface area (Å²) >= 11 is 1.87. The molecule has 1 saturated heterocycles. The van der Waals surface area contributed by atoms with Crippen molar-refractivity contribution in [2.24, 2.45) is 5.92 Å². The summed E-state index contributed by atoms with van der Waals surface area (Å²) in [5.74, 6) is 2.88. The van der Waals surface area contributed by atoms with Crippen LogP contribution in [0, 0.1) is 5.92 Å². The van der Waals surface area contributed by atoms with Gasteiger partial charge >= 0.3 is 0 Å². The summed E-state index contributed by atoms with van der Waals surface area (Å²) in [7, 11) is 0. The van der Waals surface area contributed by atoms with E-state index in [0.29, 0.717) is 36.3 Å². The summed E-state index contributed by atoms with van der Waals surface area (Å²) in [5.41, 5.74) is 0.468. The van der Waals surface area contributed by atoms with Crippen LogP contribution >= 0.6 is 11.8 Å². The fraction of sp³-hybridized carbons (Fsp3) is 0.579. The van der Waals surface area contributed by atoms with Crippen molar-refractivity contribution in [1.29, 1.82) is 0 Å². The van der Waals surface area contributed by atoms with Crippen LogP contribution in [0.15, 0.2) is 18.2 Å². The number of nitrogens with one attached hydrogen (secondary N) is 1. The first kappa shape index (κ1) is 18.4. The Hall–Kier alpha value is -1.93. The molecule has 0 bridgehead atoms. The van der Waals surface area contributed by atoms with Crippen molar-refractivity contribution >= 4 is 23.6 Å². The highest BCUT2D eigenvalue weighted by Crippen LogP contribution is 2.33. The van der Waals surface area contributed by atoms with E-state index in [4.69, 9.17) is 9.47 Å². The molecular formula is C19H24N2O5S. The van der Waals surface area contributed by atoms with Crippen LogP contribution in [0.25, 0.3) is 0 Å². The minimum Gasteiger partial charge on any atom is -0.454 e. The Balaban J connectivity index is 1.33. The molecule has 0 spiro atoms. The molecule has 2 fully saturated rings. The number of rotatable bonds is 3. The first-order chi connectivity index (χ1) is 13.1. The second-order valence-electron chi connectivity index (χ2n) is 7.16. The van der Waals surface area contributed by atoms with Crippen LogP contribution in [-0.2, 0) is 4.79 Å². The fourth-order valence-corrected chi connectivity index (χ4v) is 4.77. The maximum absolute atomic E-state index is 12.6. The van der Waals surface area contributed by atoms with Crippen molar-refractivity contribution in [3.63, 3.8) is 0 Å². The van der Waals surface area contributed by atoms with Crippen LogP contribution in [0.1, 0.15) is 29.6 Å². The van der Waals surface area contributed by atoms with E-state index >= 15 is 0 Å². The largest absolute Gasteiger partial charge is 0.454 e. The van der Waals surface area contributed by atoms with Gasteiger partial charge in [0.1, 0.15) is 0 Å². The van der Waals surface area contributed by atoms with E-state index in [2.05, 4.69) is 5.32 Å². The number of hydrogen-bond donors (Lipinski definition) is 2. The zero-order valence-corrected chi connectivity index (χ0v) is 15.9. The van der Waals surface area contributed by atoms with Gasteiger partial charge in [-0.15, -0.1) is 0 Å². The van der Waals surface area contributed by atoms with Gasteiger partial charge in [0.05, 0.1) is 12.1 Å². The second kappa shape index (κ2) is 7.98. The SMILES string of the molecule is O=C(N[C@H]1CC[C@H](C(=O)N2CCSCC2)C[C@@H]1O)c1ccc2c(c1)OCO2. The number of fused-ring (bicyclic) bond motifs is 1. The number of aliphatic hydroxyl groups excluding tert-OH is 1. The van der Waals surface area contributed by atoms with Gasteiger partial charge in [-0.3, -0.25) is 9.59 Å². The number of amides is 2. The van der Waals surface area contributed by atoms with Gasteiger partial charge < -0.3 is 24.8 Å². The highest BCUT2D eigenvalue weighted by atomic mass is 32.2. The lowest BCUT2D eigenvalue weighted by Gasteiger charge is -2.36. The van der Waals surface area contributed by atoms with Crippen molar-refractivity contribution in [3.8, 4) is 11.5 Å². The Morgan fingerprint density at radius 1 is 1.15 bits per heavy atom. The van der Waals surface area contributed by atoms with Crippen molar-refractivity contribution in [1.82, 2.24) is 10.2 Å². The molecule has 1 aliphatic carbocycles. The van der Waals surface area contributed by atoms with Crippen LogP contribution in [0.3, 0.4) is 0 Å². The standard InChI is InChI=1S/C19H24N2O5S/c22-15-9-13(19(24)21-5-7-27-8-6-21)1-3-14(15)20-18(23)12-2-4-16-17(10-12)26-11-25-16/h2,4,10,13-15,22H,1,3,5-9,11H2,(H,20,23)/t13-,14-,15-/m0/s1. The number of aliphatic hydroxyl groups is 1. The number of thioether (sulfide) groups is 1. The average Bonchev–Trinajstić information content (AvgIpc) is 3.17. The summed E-state index contributed by atoms with van der Waals surface area (Å²) in [5, 5.41) is 13.4. The van der Waals surface area contributed by atoms with Gasteiger partial charge in [-0.2, -0.15) is 11.8 Å². The Kier molecular flexibility index (Phi) is 5.45. The number of hydrogen-bond acceptors (Lipinski definition) is 6. The number of carbonyl (C=O) groups is 2. The van der Waals surface area contributed by atoms with Gasteiger partial charge in [0.25, 0.3) is 5.91 Å². The molecule has 27 heavy (non-hydrogen) atoms. The third-order valence-corrected chi connectivity index (χ3v) is 6.38. The number of ether oxygens (including phenoxy) is 2. The summed E-state index contributed by atoms with van der Waals surface area (Å²) < 4.78 is 10.6. The third kappa shape index (κ3) is 4.01. The molecule has 2 heterocycles. The Bertz CT molecular complexity index is 722. The first-order valence-corrected chi connectivity index (χ1v) is 10.5. The molecule has 2 aliphatic heterocycles. The summed E-state index contributed by atoms with van der Waals surface area (Å²) in [4.78, 5) is 27.1. The second-order valence-corrected chi connectivity index (χ2v) is 8.39. The van der Waals surface area contributed by atoms with Gasteiger partial charge in [-0.1, -0.05) is 0 Å². The highest BCUT2D eigenvalue weighted by Gasteiger charge is 2.36. The van der Waals surface area contributed by atoms with Crippen molar-refractivity contribution in [2.45, 2.75) is 31.4 Å². The molecule has 8 heteroatoms. The zero-order valence-electron chi connectivity index (χ0n) is 15.1. The van der Waals surface area contributed by atoms with E-state index in [9.17, 15) is 14.7 Å². The molecule has 3 atom stereocenters. The van der Waals surface area contributed by atoms with Gasteiger partial charge in [0.15, 0.2) is 11.5 Å². The van der Waals surface area contributed by atoms with E-state index in [1.807, 2.05) is 16.7 Å². The van der Waals surface area contributed by atoms with Crippen molar-refractivity contribution in [2.75, 3.05) is 31.4 Å². The molecule has 7 nitrogen and oxygen atoms in total.